The molecule has 2 saturated heterocycles. The van der Waals surface area contributed by atoms with Gasteiger partial charge >= 0.3 is 0 Å². The fourth-order valence-corrected chi connectivity index (χ4v) is 5.68. The minimum atomic E-state index is -3.34. The van der Waals surface area contributed by atoms with E-state index in [1.54, 1.807) is 35.6 Å². The zero-order valence-corrected chi connectivity index (χ0v) is 15.3. The van der Waals surface area contributed by atoms with Gasteiger partial charge in [0.15, 0.2) is 0 Å². The van der Waals surface area contributed by atoms with Gasteiger partial charge in [0.05, 0.1) is 5.75 Å². The molecule has 1 amide bonds. The van der Waals surface area contributed by atoms with Crippen molar-refractivity contribution in [1.82, 2.24) is 14.5 Å². The van der Waals surface area contributed by atoms with Gasteiger partial charge in [-0.3, -0.25) is 4.79 Å². The molecule has 0 aliphatic carbocycles. The van der Waals surface area contributed by atoms with Crippen molar-refractivity contribution >= 4 is 15.9 Å². The topological polar surface area (TPSA) is 69.7 Å². The Kier molecular flexibility index (Phi) is 4.44. The third-order valence-electron chi connectivity index (χ3n) is 5.30. The van der Waals surface area contributed by atoms with Gasteiger partial charge in [-0.1, -0.05) is 19.1 Å². The van der Waals surface area contributed by atoms with E-state index in [1.165, 1.54) is 0 Å². The third kappa shape index (κ3) is 3.20. The molecule has 1 aromatic carbocycles. The third-order valence-corrected chi connectivity index (χ3v) is 7.06. The number of amides is 1. The van der Waals surface area contributed by atoms with E-state index in [4.69, 9.17) is 0 Å². The lowest BCUT2D eigenvalue weighted by molar-refractivity contribution is 0.0963. The smallest absolute Gasteiger partial charge is 0.251 e. The number of hydrogen-bond donors (Lipinski definition) is 1. The number of sulfonamides is 1. The quantitative estimate of drug-likeness (QED) is 0.869. The molecule has 0 radical (unpaired) electrons. The summed E-state index contributed by atoms with van der Waals surface area (Å²) in [6.45, 7) is 5.31. The van der Waals surface area contributed by atoms with Crippen LogP contribution in [0.3, 0.4) is 0 Å². The van der Waals surface area contributed by atoms with Gasteiger partial charge in [-0.2, -0.15) is 0 Å². The Hall–Kier alpha value is -1.44. The normalized spacial score (nSPS) is 28.0. The first-order valence-corrected chi connectivity index (χ1v) is 9.82. The Labute approximate surface area is 143 Å². The van der Waals surface area contributed by atoms with Crippen molar-refractivity contribution in [3.63, 3.8) is 0 Å². The number of rotatable bonds is 4. The highest BCUT2D eigenvalue weighted by Crippen LogP contribution is 2.42. The van der Waals surface area contributed by atoms with Crippen molar-refractivity contribution in [2.75, 3.05) is 40.3 Å². The summed E-state index contributed by atoms with van der Waals surface area (Å²) in [7, 11) is 0.331. The van der Waals surface area contributed by atoms with E-state index in [2.05, 4.69) is 24.2 Å². The molecule has 0 spiro atoms. The molecule has 1 aromatic rings. The second kappa shape index (κ2) is 6.13. The van der Waals surface area contributed by atoms with Crippen LogP contribution in [0.15, 0.2) is 24.3 Å². The summed E-state index contributed by atoms with van der Waals surface area (Å²) in [5.74, 6) is 0.223. The van der Waals surface area contributed by atoms with Crippen molar-refractivity contribution in [3.05, 3.63) is 35.4 Å². The molecule has 1 N–H and O–H groups in total. The zero-order valence-electron chi connectivity index (χ0n) is 14.4. The van der Waals surface area contributed by atoms with E-state index < -0.39 is 10.0 Å². The molecule has 7 heteroatoms. The van der Waals surface area contributed by atoms with Gasteiger partial charge in [-0.05, 0) is 36.1 Å². The largest absolute Gasteiger partial charge is 0.355 e. The molecular formula is C17H25N3O3S. The lowest BCUT2D eigenvalue weighted by atomic mass is 9.83. The summed E-state index contributed by atoms with van der Waals surface area (Å²) < 4.78 is 27.2. The highest BCUT2D eigenvalue weighted by molar-refractivity contribution is 7.88. The molecule has 0 bridgehead atoms. The van der Waals surface area contributed by atoms with Crippen LogP contribution in [0.4, 0.5) is 0 Å². The zero-order chi connectivity index (χ0) is 17.5. The minimum Gasteiger partial charge on any atom is -0.355 e. The van der Waals surface area contributed by atoms with Gasteiger partial charge in [0, 0.05) is 38.8 Å². The van der Waals surface area contributed by atoms with Gasteiger partial charge in [-0.25, -0.2) is 12.7 Å². The molecule has 0 aromatic heterocycles. The van der Waals surface area contributed by atoms with Crippen molar-refractivity contribution < 1.29 is 13.2 Å². The average molecular weight is 351 g/mol. The number of nitrogens with one attached hydrogen (secondary N) is 1. The highest BCUT2D eigenvalue weighted by atomic mass is 32.2. The maximum atomic E-state index is 12.8. The number of carbonyl (C=O) groups excluding carboxylic acids is 1. The molecule has 0 unspecified atom stereocenters. The number of likely N-dealkylation sites (tertiary alicyclic amines) is 1. The first kappa shape index (κ1) is 17.4. The number of nitrogens with zero attached hydrogens (tertiary/aromatic N) is 2. The van der Waals surface area contributed by atoms with E-state index in [0.717, 1.165) is 13.1 Å². The first-order valence-electron chi connectivity index (χ1n) is 8.21. The summed E-state index contributed by atoms with van der Waals surface area (Å²) in [6.07, 6.45) is 0. The summed E-state index contributed by atoms with van der Waals surface area (Å²) in [5.41, 5.74) is 1.30. The van der Waals surface area contributed by atoms with Crippen molar-refractivity contribution in [3.8, 4) is 0 Å². The summed E-state index contributed by atoms with van der Waals surface area (Å²) in [6, 6.07) is 6.76. The predicted molar refractivity (Wildman–Crippen MR) is 93.1 cm³/mol. The van der Waals surface area contributed by atoms with Crippen molar-refractivity contribution in [2.45, 2.75) is 12.7 Å². The summed E-state index contributed by atoms with van der Waals surface area (Å²) in [4.78, 5) is 13.8. The molecule has 2 fully saturated rings. The van der Waals surface area contributed by atoms with Crippen LogP contribution in [0.25, 0.3) is 0 Å². The van der Waals surface area contributed by atoms with Crippen molar-refractivity contribution in [1.29, 1.82) is 0 Å². The Morgan fingerprint density at radius 2 is 1.92 bits per heavy atom. The van der Waals surface area contributed by atoms with Crippen LogP contribution in [0.2, 0.25) is 0 Å². The molecule has 6 nitrogen and oxygen atoms in total. The van der Waals surface area contributed by atoms with Crippen LogP contribution < -0.4 is 5.32 Å². The first-order chi connectivity index (χ1) is 11.2. The monoisotopic (exact) mass is 351 g/mol. The second-order valence-electron chi connectivity index (χ2n) is 7.37. The van der Waals surface area contributed by atoms with Crippen LogP contribution in [0.5, 0.6) is 0 Å². The van der Waals surface area contributed by atoms with E-state index >= 15 is 0 Å². The minimum absolute atomic E-state index is 0.0142. The molecule has 3 rings (SSSR count). The lowest BCUT2D eigenvalue weighted by Gasteiger charge is -2.23. The van der Waals surface area contributed by atoms with E-state index in [1.807, 2.05) is 0 Å². The molecule has 0 saturated carbocycles. The van der Waals surface area contributed by atoms with Crippen LogP contribution in [0, 0.1) is 11.3 Å². The molecular weight excluding hydrogens is 326 g/mol. The summed E-state index contributed by atoms with van der Waals surface area (Å²) in [5, 5.41) is 2.55. The van der Waals surface area contributed by atoms with Crippen LogP contribution in [-0.4, -0.2) is 63.8 Å². The highest BCUT2D eigenvalue weighted by Gasteiger charge is 2.50. The molecule has 24 heavy (non-hydrogen) atoms. The molecule has 2 aliphatic heterocycles. The Balaban J connectivity index is 1.70. The Morgan fingerprint density at radius 1 is 1.25 bits per heavy atom. The Bertz CT molecular complexity index is 732. The van der Waals surface area contributed by atoms with E-state index in [9.17, 15) is 13.2 Å². The number of hydrogen-bond acceptors (Lipinski definition) is 4. The molecule has 132 valence electrons. The number of fused-ring (bicyclic) bond motifs is 1. The van der Waals surface area contributed by atoms with E-state index in [-0.39, 0.29) is 17.1 Å². The Morgan fingerprint density at radius 3 is 2.50 bits per heavy atom. The molecule has 2 atom stereocenters. The van der Waals surface area contributed by atoms with Gasteiger partial charge in [0.2, 0.25) is 10.0 Å². The van der Waals surface area contributed by atoms with Gasteiger partial charge in [-0.15, -0.1) is 0 Å². The van der Waals surface area contributed by atoms with Gasteiger partial charge in [0.25, 0.3) is 5.91 Å². The van der Waals surface area contributed by atoms with Crippen LogP contribution in [0.1, 0.15) is 22.8 Å². The van der Waals surface area contributed by atoms with Crippen LogP contribution in [-0.2, 0) is 15.8 Å². The average Bonchev–Trinajstić information content (AvgIpc) is 2.97. The summed E-state index contributed by atoms with van der Waals surface area (Å²) >= 11 is 0. The fourth-order valence-electron chi connectivity index (χ4n) is 3.99. The molecule has 2 aliphatic rings. The maximum Gasteiger partial charge on any atom is 0.251 e. The standard InChI is InChI=1S/C17H25N3O3S/c1-17-11-19(3)8-15(17)9-20(12-17)24(22,23)10-13-4-6-14(7-5-13)16(21)18-2/h4-7,15H,8-12H2,1-3H3,(H,18,21)/t15-,17+/m0/s1. The second-order valence-corrected chi connectivity index (χ2v) is 9.34. The number of benzene rings is 1. The van der Waals surface area contributed by atoms with Gasteiger partial charge < -0.3 is 10.2 Å². The predicted octanol–water partition coefficient (Wildman–Crippen LogP) is 0.760. The fraction of sp³-hybridized carbons (Fsp3) is 0.588. The maximum absolute atomic E-state index is 12.8. The number of carbonyl (C=O) groups is 1. The molecule has 2 heterocycles. The SMILES string of the molecule is CNC(=O)c1ccc(CS(=O)(=O)N2C[C@@H]3CN(C)C[C@]3(C)C2)cc1. The van der Waals surface area contributed by atoms with E-state index in [0.29, 0.717) is 30.1 Å². The lowest BCUT2D eigenvalue weighted by Crippen LogP contribution is -2.35. The van der Waals surface area contributed by atoms with Crippen LogP contribution >= 0.6 is 0 Å². The van der Waals surface area contributed by atoms with Crippen molar-refractivity contribution in [2.24, 2.45) is 11.3 Å². The van der Waals surface area contributed by atoms with Gasteiger partial charge in [0.1, 0.15) is 0 Å².